The fourth-order valence-corrected chi connectivity index (χ4v) is 3.35. The Labute approximate surface area is 120 Å². The van der Waals surface area contributed by atoms with Crippen LogP contribution in [0.4, 0.5) is 5.69 Å². The predicted octanol–water partition coefficient (Wildman–Crippen LogP) is 3.18. The molecular weight excluding hydrogens is 248 g/mol. The maximum Gasteiger partial charge on any atom is 0.131 e. The number of piperidine rings is 1. The fraction of sp³-hybridized carbons (Fsp3) is 0.529. The molecule has 0 N–H and O–H groups in total. The first-order chi connectivity index (χ1) is 9.74. The molecule has 1 saturated heterocycles. The van der Waals surface area contributed by atoms with Crippen molar-refractivity contribution in [1.82, 2.24) is 4.90 Å². The Morgan fingerprint density at radius 2 is 2.05 bits per heavy atom. The zero-order valence-electron chi connectivity index (χ0n) is 12.1. The third-order valence-corrected chi connectivity index (χ3v) is 4.59. The highest BCUT2D eigenvalue weighted by molar-refractivity contribution is 5.80. The summed E-state index contributed by atoms with van der Waals surface area (Å²) < 4.78 is 0. The van der Waals surface area contributed by atoms with E-state index < -0.39 is 0 Å². The van der Waals surface area contributed by atoms with Gasteiger partial charge in [0.25, 0.3) is 0 Å². The quantitative estimate of drug-likeness (QED) is 0.841. The molecule has 3 nitrogen and oxygen atoms in total. The number of aliphatic imine (C=N–C) groups is 1. The predicted molar refractivity (Wildman–Crippen MR) is 81.8 cm³/mol. The second kappa shape index (κ2) is 5.88. The van der Waals surface area contributed by atoms with E-state index in [4.69, 9.17) is 0 Å². The minimum Gasteiger partial charge on any atom is -0.303 e. The minimum absolute atomic E-state index is 0.295. The number of hydrogen-bond acceptors (Lipinski definition) is 3. The van der Waals surface area contributed by atoms with Gasteiger partial charge in [0, 0.05) is 25.1 Å². The molecule has 0 amide bonds. The van der Waals surface area contributed by atoms with Crippen molar-refractivity contribution in [2.45, 2.75) is 32.1 Å². The number of fused-ring (bicyclic) bond motifs is 1. The average molecular weight is 270 g/mol. The van der Waals surface area contributed by atoms with Crippen LogP contribution in [-0.4, -0.2) is 36.5 Å². The van der Waals surface area contributed by atoms with Crippen LogP contribution in [0, 0.1) is 5.92 Å². The lowest BCUT2D eigenvalue weighted by atomic mass is 9.81. The summed E-state index contributed by atoms with van der Waals surface area (Å²) in [6, 6.07) is 8.49. The van der Waals surface area contributed by atoms with Crippen LogP contribution in [0.25, 0.3) is 0 Å². The summed E-state index contributed by atoms with van der Waals surface area (Å²) in [7, 11) is 0. The Kier molecular flexibility index (Phi) is 3.97. The first-order valence-electron chi connectivity index (χ1n) is 7.59. The molecule has 3 rings (SSSR count). The van der Waals surface area contributed by atoms with Crippen LogP contribution in [0.3, 0.4) is 0 Å². The molecule has 1 aromatic carbocycles. The van der Waals surface area contributed by atoms with E-state index in [-0.39, 0.29) is 0 Å². The standard InChI is InChI=1S/C17H22N2O/c1-13(20)6-9-19-10-7-14(8-11-19)16-12-18-17-5-3-2-4-15(16)17/h2-5,12,14,16H,6-11H2,1H3. The Morgan fingerprint density at radius 1 is 1.30 bits per heavy atom. The highest BCUT2D eigenvalue weighted by atomic mass is 16.1. The first-order valence-corrected chi connectivity index (χ1v) is 7.59. The number of carbonyl (C=O) groups excluding carboxylic acids is 1. The van der Waals surface area contributed by atoms with Crippen molar-refractivity contribution in [3.63, 3.8) is 0 Å². The van der Waals surface area contributed by atoms with Crippen molar-refractivity contribution < 1.29 is 4.79 Å². The van der Waals surface area contributed by atoms with Gasteiger partial charge in [-0.25, -0.2) is 0 Å². The molecule has 3 heteroatoms. The highest BCUT2D eigenvalue weighted by Gasteiger charge is 2.30. The van der Waals surface area contributed by atoms with Gasteiger partial charge in [-0.2, -0.15) is 0 Å². The third kappa shape index (κ3) is 2.83. The molecule has 0 spiro atoms. The molecule has 2 aliphatic rings. The average Bonchev–Trinajstić information content (AvgIpc) is 2.89. The van der Waals surface area contributed by atoms with E-state index in [2.05, 4.69) is 40.4 Å². The van der Waals surface area contributed by atoms with Crippen molar-refractivity contribution in [3.8, 4) is 0 Å². The smallest absolute Gasteiger partial charge is 0.131 e. The maximum absolute atomic E-state index is 11.1. The molecule has 1 aromatic rings. The summed E-state index contributed by atoms with van der Waals surface area (Å²) in [6.07, 6.45) is 5.25. The summed E-state index contributed by atoms with van der Waals surface area (Å²) in [5.41, 5.74) is 2.55. The van der Waals surface area contributed by atoms with Crippen LogP contribution in [0.5, 0.6) is 0 Å². The number of Topliss-reactive ketones (excluding diaryl/α,β-unsaturated/α-hetero) is 1. The number of ketones is 1. The molecule has 0 aliphatic carbocycles. The minimum atomic E-state index is 0.295. The highest BCUT2D eigenvalue weighted by Crippen LogP contribution is 2.40. The largest absolute Gasteiger partial charge is 0.303 e. The van der Waals surface area contributed by atoms with E-state index in [1.807, 2.05) is 0 Å². The van der Waals surface area contributed by atoms with Crippen LogP contribution in [0.15, 0.2) is 29.3 Å². The number of nitrogens with zero attached hydrogens (tertiary/aromatic N) is 2. The number of likely N-dealkylation sites (tertiary alicyclic amines) is 1. The van der Waals surface area contributed by atoms with Crippen LogP contribution >= 0.6 is 0 Å². The summed E-state index contributed by atoms with van der Waals surface area (Å²) in [6.45, 7) is 4.84. The van der Waals surface area contributed by atoms with E-state index in [0.717, 1.165) is 25.3 Å². The van der Waals surface area contributed by atoms with Gasteiger partial charge in [0.15, 0.2) is 0 Å². The summed E-state index contributed by atoms with van der Waals surface area (Å²) in [5, 5.41) is 0. The lowest BCUT2D eigenvalue weighted by Crippen LogP contribution is -2.36. The van der Waals surface area contributed by atoms with Gasteiger partial charge in [-0.3, -0.25) is 9.79 Å². The van der Waals surface area contributed by atoms with Crippen molar-refractivity contribution in [2.24, 2.45) is 10.9 Å². The molecule has 1 unspecified atom stereocenters. The zero-order chi connectivity index (χ0) is 13.9. The van der Waals surface area contributed by atoms with Gasteiger partial charge in [0.2, 0.25) is 0 Å². The van der Waals surface area contributed by atoms with Crippen LogP contribution < -0.4 is 0 Å². The first kappa shape index (κ1) is 13.5. The number of hydrogen-bond donors (Lipinski definition) is 0. The number of para-hydroxylation sites is 1. The van der Waals surface area contributed by atoms with Crippen molar-refractivity contribution in [2.75, 3.05) is 19.6 Å². The Balaban J connectivity index is 1.57. The van der Waals surface area contributed by atoms with Crippen molar-refractivity contribution in [1.29, 1.82) is 0 Å². The summed E-state index contributed by atoms with van der Waals surface area (Å²) in [4.78, 5) is 18.0. The van der Waals surface area contributed by atoms with Crippen molar-refractivity contribution in [3.05, 3.63) is 29.8 Å². The second-order valence-electron chi connectivity index (χ2n) is 5.99. The maximum atomic E-state index is 11.1. The van der Waals surface area contributed by atoms with Gasteiger partial charge >= 0.3 is 0 Å². The Hall–Kier alpha value is -1.48. The molecule has 106 valence electrons. The van der Waals surface area contributed by atoms with Gasteiger partial charge in [-0.15, -0.1) is 0 Å². The molecule has 1 fully saturated rings. The van der Waals surface area contributed by atoms with Crippen LogP contribution in [-0.2, 0) is 4.79 Å². The molecule has 0 aromatic heterocycles. The van der Waals surface area contributed by atoms with Crippen molar-refractivity contribution >= 4 is 17.7 Å². The SMILES string of the molecule is CC(=O)CCN1CCC(C2C=Nc3ccccc32)CC1. The van der Waals surface area contributed by atoms with Gasteiger partial charge in [0.05, 0.1) is 5.69 Å². The van der Waals surface area contributed by atoms with E-state index in [1.165, 1.54) is 18.4 Å². The zero-order valence-corrected chi connectivity index (χ0v) is 12.1. The van der Waals surface area contributed by atoms with Crippen LogP contribution in [0.2, 0.25) is 0 Å². The molecule has 0 radical (unpaired) electrons. The molecular formula is C17H22N2O. The Bertz CT molecular complexity index is 515. The van der Waals surface area contributed by atoms with E-state index in [1.54, 1.807) is 6.92 Å². The Morgan fingerprint density at radius 3 is 2.80 bits per heavy atom. The molecule has 0 saturated carbocycles. The summed E-state index contributed by atoms with van der Waals surface area (Å²) in [5.74, 6) is 1.50. The summed E-state index contributed by atoms with van der Waals surface area (Å²) >= 11 is 0. The second-order valence-corrected chi connectivity index (χ2v) is 5.99. The fourth-order valence-electron chi connectivity index (χ4n) is 3.35. The van der Waals surface area contributed by atoms with Gasteiger partial charge in [-0.05, 0) is 50.4 Å². The molecule has 20 heavy (non-hydrogen) atoms. The number of benzene rings is 1. The van der Waals surface area contributed by atoms with Gasteiger partial charge in [0.1, 0.15) is 5.78 Å². The molecule has 2 heterocycles. The molecule has 0 bridgehead atoms. The van der Waals surface area contributed by atoms with Crippen LogP contribution in [0.1, 0.15) is 37.7 Å². The lowest BCUT2D eigenvalue weighted by Gasteiger charge is -2.34. The molecule has 2 aliphatic heterocycles. The monoisotopic (exact) mass is 270 g/mol. The van der Waals surface area contributed by atoms with E-state index in [9.17, 15) is 4.79 Å². The number of carbonyl (C=O) groups is 1. The lowest BCUT2D eigenvalue weighted by molar-refractivity contribution is -0.117. The van der Waals surface area contributed by atoms with E-state index in [0.29, 0.717) is 24.0 Å². The van der Waals surface area contributed by atoms with Gasteiger partial charge in [-0.1, -0.05) is 18.2 Å². The normalized spacial score (nSPS) is 22.9. The number of rotatable bonds is 4. The third-order valence-electron chi connectivity index (χ3n) is 4.59. The topological polar surface area (TPSA) is 32.7 Å². The van der Waals surface area contributed by atoms with Gasteiger partial charge < -0.3 is 4.90 Å². The molecule has 1 atom stereocenters. The van der Waals surface area contributed by atoms with E-state index >= 15 is 0 Å².